The molecule has 0 radical (unpaired) electrons. The van der Waals surface area contributed by atoms with Crippen molar-refractivity contribution in [2.75, 3.05) is 11.9 Å². The number of aryl methyl sites for hydroxylation is 2. The number of imidazole rings is 1. The molecule has 0 saturated heterocycles. The highest BCUT2D eigenvalue weighted by molar-refractivity contribution is 5.25. The Morgan fingerprint density at radius 3 is 3.00 bits per heavy atom. The van der Waals surface area contributed by atoms with E-state index in [0.29, 0.717) is 0 Å². The van der Waals surface area contributed by atoms with Crippen LogP contribution in [0.2, 0.25) is 0 Å². The van der Waals surface area contributed by atoms with Crippen LogP contribution in [-0.4, -0.2) is 25.9 Å². The monoisotopic (exact) mass is 219 g/mol. The van der Waals surface area contributed by atoms with E-state index in [1.54, 1.807) is 6.20 Å². The molecule has 0 amide bonds. The molecule has 0 aliphatic rings. The lowest BCUT2D eigenvalue weighted by atomic mass is 10.4. The molecule has 2 aromatic heterocycles. The van der Waals surface area contributed by atoms with Crippen LogP contribution in [-0.2, 0) is 13.1 Å². The first-order valence-electron chi connectivity index (χ1n) is 5.62. The Bertz CT molecular complexity index is 404. The van der Waals surface area contributed by atoms with Crippen molar-refractivity contribution in [1.82, 2.24) is 19.3 Å². The van der Waals surface area contributed by atoms with E-state index >= 15 is 0 Å². The zero-order valence-corrected chi connectivity index (χ0v) is 9.50. The Balaban J connectivity index is 1.72. The highest BCUT2D eigenvalue weighted by Gasteiger charge is 1.98. The van der Waals surface area contributed by atoms with Gasteiger partial charge >= 0.3 is 0 Å². The van der Waals surface area contributed by atoms with Crippen molar-refractivity contribution < 1.29 is 0 Å². The number of aromatic nitrogens is 4. The summed E-state index contributed by atoms with van der Waals surface area (Å²) in [4.78, 5) is 4.25. The van der Waals surface area contributed by atoms with E-state index < -0.39 is 0 Å². The molecule has 0 aromatic carbocycles. The van der Waals surface area contributed by atoms with Crippen LogP contribution in [0.15, 0.2) is 30.9 Å². The number of nitrogens with zero attached hydrogens (tertiary/aromatic N) is 4. The van der Waals surface area contributed by atoms with Crippen molar-refractivity contribution in [2.24, 2.45) is 0 Å². The molecule has 0 fully saturated rings. The van der Waals surface area contributed by atoms with Gasteiger partial charge in [-0.3, -0.25) is 4.68 Å². The van der Waals surface area contributed by atoms with Crippen LogP contribution in [0, 0.1) is 0 Å². The first-order valence-corrected chi connectivity index (χ1v) is 5.62. The summed E-state index contributed by atoms with van der Waals surface area (Å²) in [6.45, 7) is 4.90. The predicted molar refractivity (Wildman–Crippen MR) is 63.2 cm³/mol. The fraction of sp³-hybridized carbons (Fsp3) is 0.455. The molecule has 2 aromatic rings. The van der Waals surface area contributed by atoms with Gasteiger partial charge in [-0.15, -0.1) is 0 Å². The lowest BCUT2D eigenvalue weighted by Gasteiger charge is -2.07. The standard InChI is InChI=1S/C11H17N5/c1-2-15-10-7-13-11(15)12-5-3-8-16-9-4-6-14-16/h4,6-7,9-10H,2-3,5,8H2,1H3,(H,12,13). The van der Waals surface area contributed by atoms with Gasteiger partial charge in [-0.2, -0.15) is 5.10 Å². The van der Waals surface area contributed by atoms with E-state index in [2.05, 4.69) is 26.9 Å². The molecule has 16 heavy (non-hydrogen) atoms. The minimum Gasteiger partial charge on any atom is -0.356 e. The van der Waals surface area contributed by atoms with Gasteiger partial charge < -0.3 is 9.88 Å². The van der Waals surface area contributed by atoms with Crippen LogP contribution in [0.25, 0.3) is 0 Å². The lowest BCUT2D eigenvalue weighted by Crippen LogP contribution is -2.10. The summed E-state index contributed by atoms with van der Waals surface area (Å²) in [6.07, 6.45) is 8.62. The number of anilines is 1. The normalized spacial score (nSPS) is 10.6. The van der Waals surface area contributed by atoms with Crippen molar-refractivity contribution in [3.05, 3.63) is 30.9 Å². The van der Waals surface area contributed by atoms with Gasteiger partial charge in [0.05, 0.1) is 0 Å². The van der Waals surface area contributed by atoms with Gasteiger partial charge in [0.2, 0.25) is 5.95 Å². The summed E-state index contributed by atoms with van der Waals surface area (Å²) in [5.74, 6) is 0.947. The molecular formula is C11H17N5. The van der Waals surface area contributed by atoms with Gasteiger partial charge in [0, 0.05) is 44.4 Å². The Labute approximate surface area is 95.1 Å². The second kappa shape index (κ2) is 5.34. The van der Waals surface area contributed by atoms with Crippen LogP contribution in [0.3, 0.4) is 0 Å². The van der Waals surface area contributed by atoms with E-state index in [1.807, 2.05) is 29.3 Å². The van der Waals surface area contributed by atoms with E-state index in [4.69, 9.17) is 0 Å². The summed E-state index contributed by atoms with van der Waals surface area (Å²) in [5, 5.41) is 7.47. The first-order chi connectivity index (χ1) is 7.90. The molecular weight excluding hydrogens is 202 g/mol. The van der Waals surface area contributed by atoms with E-state index in [1.165, 1.54) is 0 Å². The van der Waals surface area contributed by atoms with E-state index in [-0.39, 0.29) is 0 Å². The maximum atomic E-state index is 4.25. The van der Waals surface area contributed by atoms with E-state index in [0.717, 1.165) is 32.0 Å². The Morgan fingerprint density at radius 2 is 2.25 bits per heavy atom. The summed E-state index contributed by atoms with van der Waals surface area (Å²) in [7, 11) is 0. The average Bonchev–Trinajstić information content (AvgIpc) is 2.95. The Kier molecular flexibility index (Phi) is 3.58. The van der Waals surface area contributed by atoms with Crippen molar-refractivity contribution in [1.29, 1.82) is 0 Å². The zero-order valence-electron chi connectivity index (χ0n) is 9.50. The zero-order chi connectivity index (χ0) is 11.2. The van der Waals surface area contributed by atoms with Gasteiger partial charge in [-0.05, 0) is 19.4 Å². The maximum Gasteiger partial charge on any atom is 0.202 e. The second-order valence-electron chi connectivity index (χ2n) is 3.59. The molecule has 5 heteroatoms. The highest BCUT2D eigenvalue weighted by atomic mass is 15.3. The molecule has 1 N–H and O–H groups in total. The molecule has 0 bridgehead atoms. The van der Waals surface area contributed by atoms with Crippen molar-refractivity contribution in [3.8, 4) is 0 Å². The lowest BCUT2D eigenvalue weighted by molar-refractivity contribution is 0.589. The molecule has 0 atom stereocenters. The maximum absolute atomic E-state index is 4.25. The first kappa shape index (κ1) is 10.7. The third kappa shape index (κ3) is 2.62. The SMILES string of the molecule is CCn1ccnc1NCCCn1cccn1. The van der Waals surface area contributed by atoms with Crippen molar-refractivity contribution in [2.45, 2.75) is 26.4 Å². The molecule has 0 unspecified atom stereocenters. The van der Waals surface area contributed by atoms with Crippen LogP contribution in [0.1, 0.15) is 13.3 Å². The Morgan fingerprint density at radius 1 is 1.31 bits per heavy atom. The summed E-state index contributed by atoms with van der Waals surface area (Å²) in [5.41, 5.74) is 0. The molecule has 86 valence electrons. The molecule has 5 nitrogen and oxygen atoms in total. The highest BCUT2D eigenvalue weighted by Crippen LogP contribution is 2.03. The van der Waals surface area contributed by atoms with Crippen LogP contribution in [0.5, 0.6) is 0 Å². The van der Waals surface area contributed by atoms with Gasteiger partial charge in [-0.25, -0.2) is 4.98 Å². The van der Waals surface area contributed by atoms with E-state index in [9.17, 15) is 0 Å². The summed E-state index contributed by atoms with van der Waals surface area (Å²) >= 11 is 0. The van der Waals surface area contributed by atoms with Crippen LogP contribution in [0.4, 0.5) is 5.95 Å². The molecule has 0 aliphatic heterocycles. The van der Waals surface area contributed by atoms with Gasteiger partial charge in [0.25, 0.3) is 0 Å². The minimum absolute atomic E-state index is 0.914. The van der Waals surface area contributed by atoms with Gasteiger partial charge in [-0.1, -0.05) is 0 Å². The van der Waals surface area contributed by atoms with Crippen LogP contribution >= 0.6 is 0 Å². The average molecular weight is 219 g/mol. The fourth-order valence-electron chi connectivity index (χ4n) is 1.61. The van der Waals surface area contributed by atoms with Crippen molar-refractivity contribution >= 4 is 5.95 Å². The fourth-order valence-corrected chi connectivity index (χ4v) is 1.61. The quantitative estimate of drug-likeness (QED) is 0.751. The molecule has 2 heterocycles. The molecule has 0 saturated carbocycles. The smallest absolute Gasteiger partial charge is 0.202 e. The Hall–Kier alpha value is -1.78. The van der Waals surface area contributed by atoms with Gasteiger partial charge in [0.15, 0.2) is 0 Å². The number of nitrogens with one attached hydrogen (secondary N) is 1. The number of hydrogen-bond donors (Lipinski definition) is 1. The summed E-state index contributed by atoms with van der Waals surface area (Å²) in [6, 6.07) is 1.94. The van der Waals surface area contributed by atoms with Crippen LogP contribution < -0.4 is 5.32 Å². The summed E-state index contributed by atoms with van der Waals surface area (Å²) < 4.78 is 4.03. The number of hydrogen-bond acceptors (Lipinski definition) is 3. The third-order valence-corrected chi connectivity index (χ3v) is 2.46. The molecule has 2 rings (SSSR count). The second-order valence-corrected chi connectivity index (χ2v) is 3.59. The largest absolute Gasteiger partial charge is 0.356 e. The predicted octanol–water partition coefficient (Wildman–Crippen LogP) is 1.60. The molecule has 0 spiro atoms. The minimum atomic E-state index is 0.914. The van der Waals surface area contributed by atoms with Crippen molar-refractivity contribution in [3.63, 3.8) is 0 Å². The topological polar surface area (TPSA) is 47.7 Å². The third-order valence-electron chi connectivity index (χ3n) is 2.46. The number of rotatable bonds is 6. The van der Waals surface area contributed by atoms with Gasteiger partial charge in [0.1, 0.15) is 0 Å². The molecule has 0 aliphatic carbocycles.